The Kier molecular flexibility index (Phi) is 5.62. The van der Waals surface area contributed by atoms with Gasteiger partial charge in [0.2, 0.25) is 5.91 Å². The Balaban J connectivity index is 2.48. The van der Waals surface area contributed by atoms with Crippen LogP contribution in [0.15, 0.2) is 23.1 Å². The van der Waals surface area contributed by atoms with Crippen LogP contribution in [0.2, 0.25) is 0 Å². The average Bonchev–Trinajstić information content (AvgIpc) is 2.27. The van der Waals surface area contributed by atoms with Crippen molar-refractivity contribution in [2.45, 2.75) is 45.1 Å². The highest BCUT2D eigenvalue weighted by Gasteiger charge is 2.15. The Labute approximate surface area is 124 Å². The van der Waals surface area contributed by atoms with Gasteiger partial charge in [0.25, 0.3) is 0 Å². The van der Waals surface area contributed by atoms with E-state index in [9.17, 15) is 9.59 Å². The molecule has 0 aromatic heterocycles. The van der Waals surface area contributed by atoms with Crippen molar-refractivity contribution in [3.05, 3.63) is 29.3 Å². The lowest BCUT2D eigenvalue weighted by atomic mass is 10.1. The van der Waals surface area contributed by atoms with Gasteiger partial charge in [-0.1, -0.05) is 17.7 Å². The maximum atomic E-state index is 11.7. The molecular weight excluding hydrogens is 272 g/mol. The zero-order valence-corrected chi connectivity index (χ0v) is 13.5. The van der Waals surface area contributed by atoms with Gasteiger partial charge in [-0.05, 0) is 46.2 Å². The third-order valence-corrected chi connectivity index (χ3v) is 3.60. The van der Waals surface area contributed by atoms with Crippen LogP contribution in [0.3, 0.4) is 0 Å². The number of imide groups is 1. The molecule has 0 saturated carbocycles. The molecule has 0 bridgehead atoms. The molecule has 4 nitrogen and oxygen atoms in total. The van der Waals surface area contributed by atoms with Crippen LogP contribution in [0.1, 0.15) is 31.9 Å². The van der Waals surface area contributed by atoms with Crippen LogP contribution in [0, 0.1) is 13.8 Å². The summed E-state index contributed by atoms with van der Waals surface area (Å²) in [6.45, 7) is 9.61. The summed E-state index contributed by atoms with van der Waals surface area (Å²) in [5, 5.41) is 5.02. The topological polar surface area (TPSA) is 58.2 Å². The van der Waals surface area contributed by atoms with Crippen LogP contribution in [-0.4, -0.2) is 23.2 Å². The fraction of sp³-hybridized carbons (Fsp3) is 0.467. The molecule has 0 unspecified atom stereocenters. The first-order valence-electron chi connectivity index (χ1n) is 6.49. The molecule has 0 aliphatic rings. The number of hydrogen-bond acceptors (Lipinski definition) is 3. The Morgan fingerprint density at radius 1 is 1.20 bits per heavy atom. The van der Waals surface area contributed by atoms with Gasteiger partial charge in [0.15, 0.2) is 0 Å². The van der Waals surface area contributed by atoms with Crippen LogP contribution in [0.4, 0.5) is 4.79 Å². The minimum atomic E-state index is -0.455. The zero-order chi connectivity index (χ0) is 15.3. The summed E-state index contributed by atoms with van der Waals surface area (Å²) in [7, 11) is 0. The molecule has 1 aromatic rings. The van der Waals surface area contributed by atoms with Gasteiger partial charge < -0.3 is 5.32 Å². The third kappa shape index (κ3) is 6.10. The molecule has 5 heteroatoms. The summed E-state index contributed by atoms with van der Waals surface area (Å²) in [5.41, 5.74) is 1.93. The standard InChI is InChI=1S/C15H22N2O2S/c1-10-6-7-11(2)12(8-10)20-9-13(18)16-14(19)17-15(3,4)5/h6-8H,9H2,1-5H3,(H2,16,17,18,19). The van der Waals surface area contributed by atoms with Crippen LogP contribution < -0.4 is 10.6 Å². The highest BCUT2D eigenvalue weighted by molar-refractivity contribution is 8.00. The van der Waals surface area contributed by atoms with E-state index in [-0.39, 0.29) is 17.2 Å². The van der Waals surface area contributed by atoms with Crippen molar-refractivity contribution >= 4 is 23.7 Å². The summed E-state index contributed by atoms with van der Waals surface area (Å²) in [6, 6.07) is 5.66. The number of nitrogens with one attached hydrogen (secondary N) is 2. The number of aryl methyl sites for hydroxylation is 2. The van der Waals surface area contributed by atoms with Crippen LogP contribution >= 0.6 is 11.8 Å². The lowest BCUT2D eigenvalue weighted by molar-refractivity contribution is -0.117. The fourth-order valence-electron chi connectivity index (χ4n) is 1.54. The zero-order valence-electron chi connectivity index (χ0n) is 12.7. The van der Waals surface area contributed by atoms with Crippen molar-refractivity contribution in [3.8, 4) is 0 Å². The fourth-order valence-corrected chi connectivity index (χ4v) is 2.46. The average molecular weight is 294 g/mol. The minimum Gasteiger partial charge on any atom is -0.333 e. The van der Waals surface area contributed by atoms with Crippen molar-refractivity contribution in [1.82, 2.24) is 10.6 Å². The lowest BCUT2D eigenvalue weighted by Gasteiger charge is -2.20. The highest BCUT2D eigenvalue weighted by Crippen LogP contribution is 2.23. The van der Waals surface area contributed by atoms with E-state index >= 15 is 0 Å². The van der Waals surface area contributed by atoms with E-state index in [0.29, 0.717) is 0 Å². The molecule has 3 amide bonds. The number of hydrogen-bond donors (Lipinski definition) is 2. The first-order chi connectivity index (χ1) is 9.17. The van der Waals surface area contributed by atoms with E-state index in [1.165, 1.54) is 11.8 Å². The smallest absolute Gasteiger partial charge is 0.321 e. The summed E-state index contributed by atoms with van der Waals surface area (Å²) in [4.78, 5) is 24.3. The number of carbonyl (C=O) groups excluding carboxylic acids is 2. The lowest BCUT2D eigenvalue weighted by Crippen LogP contribution is -2.48. The van der Waals surface area contributed by atoms with Gasteiger partial charge in [-0.3, -0.25) is 10.1 Å². The molecule has 0 atom stereocenters. The van der Waals surface area contributed by atoms with Crippen LogP contribution in [-0.2, 0) is 4.79 Å². The van der Waals surface area contributed by atoms with Crippen molar-refractivity contribution in [1.29, 1.82) is 0 Å². The molecule has 0 spiro atoms. The summed E-state index contributed by atoms with van der Waals surface area (Å²) < 4.78 is 0. The SMILES string of the molecule is Cc1ccc(C)c(SCC(=O)NC(=O)NC(C)(C)C)c1. The predicted octanol–water partition coefficient (Wildman–Crippen LogP) is 3.02. The molecular formula is C15H22N2O2S. The van der Waals surface area contributed by atoms with E-state index in [2.05, 4.69) is 10.6 Å². The van der Waals surface area contributed by atoms with Gasteiger partial charge in [0, 0.05) is 10.4 Å². The van der Waals surface area contributed by atoms with E-state index in [4.69, 9.17) is 0 Å². The molecule has 0 radical (unpaired) electrons. The molecule has 0 heterocycles. The quantitative estimate of drug-likeness (QED) is 0.843. The number of benzene rings is 1. The van der Waals surface area contributed by atoms with Crippen molar-refractivity contribution in [2.24, 2.45) is 0 Å². The third-order valence-electron chi connectivity index (χ3n) is 2.44. The Bertz CT molecular complexity index is 507. The highest BCUT2D eigenvalue weighted by atomic mass is 32.2. The first-order valence-corrected chi connectivity index (χ1v) is 7.48. The summed E-state index contributed by atoms with van der Waals surface area (Å²) in [6.07, 6.45) is 0. The van der Waals surface area contributed by atoms with Gasteiger partial charge in [0.05, 0.1) is 5.75 Å². The van der Waals surface area contributed by atoms with E-state index < -0.39 is 6.03 Å². The molecule has 110 valence electrons. The maximum absolute atomic E-state index is 11.7. The van der Waals surface area contributed by atoms with Crippen molar-refractivity contribution in [2.75, 3.05) is 5.75 Å². The van der Waals surface area contributed by atoms with Crippen molar-refractivity contribution in [3.63, 3.8) is 0 Å². The normalized spacial score (nSPS) is 11.1. The van der Waals surface area contributed by atoms with E-state index in [1.54, 1.807) is 0 Å². The number of urea groups is 1. The van der Waals surface area contributed by atoms with E-state index in [0.717, 1.165) is 16.0 Å². The molecule has 0 aliphatic carbocycles. The van der Waals surface area contributed by atoms with Crippen molar-refractivity contribution < 1.29 is 9.59 Å². The maximum Gasteiger partial charge on any atom is 0.321 e. The van der Waals surface area contributed by atoms with Gasteiger partial charge in [0.1, 0.15) is 0 Å². The number of carbonyl (C=O) groups is 2. The number of thioether (sulfide) groups is 1. The first kappa shape index (κ1) is 16.6. The molecule has 0 saturated heterocycles. The molecule has 0 fully saturated rings. The molecule has 2 N–H and O–H groups in total. The Hall–Kier alpha value is -1.49. The second kappa shape index (κ2) is 6.79. The van der Waals surface area contributed by atoms with Gasteiger partial charge >= 0.3 is 6.03 Å². The van der Waals surface area contributed by atoms with Crippen LogP contribution in [0.5, 0.6) is 0 Å². The molecule has 0 aliphatic heterocycles. The second-order valence-corrected chi connectivity index (χ2v) is 6.83. The minimum absolute atomic E-state index is 0.224. The molecule has 20 heavy (non-hydrogen) atoms. The predicted molar refractivity (Wildman–Crippen MR) is 83.1 cm³/mol. The Morgan fingerprint density at radius 3 is 2.45 bits per heavy atom. The summed E-state index contributed by atoms with van der Waals surface area (Å²) >= 11 is 1.44. The Morgan fingerprint density at radius 2 is 1.85 bits per heavy atom. The second-order valence-electron chi connectivity index (χ2n) is 5.81. The summed E-state index contributed by atoms with van der Waals surface area (Å²) in [5.74, 6) is -0.0698. The largest absolute Gasteiger partial charge is 0.333 e. The number of rotatable bonds is 3. The van der Waals surface area contributed by atoms with Gasteiger partial charge in [-0.15, -0.1) is 11.8 Å². The van der Waals surface area contributed by atoms with Gasteiger partial charge in [-0.25, -0.2) is 4.79 Å². The van der Waals surface area contributed by atoms with Crippen LogP contribution in [0.25, 0.3) is 0 Å². The van der Waals surface area contributed by atoms with E-state index in [1.807, 2.05) is 52.8 Å². The molecule has 1 aromatic carbocycles. The monoisotopic (exact) mass is 294 g/mol. The molecule has 1 rings (SSSR count). The van der Waals surface area contributed by atoms with Gasteiger partial charge in [-0.2, -0.15) is 0 Å². The number of amides is 3.